The van der Waals surface area contributed by atoms with Gasteiger partial charge >= 0.3 is 0 Å². The highest BCUT2D eigenvalue weighted by Crippen LogP contribution is 2.30. The number of aromatic nitrogens is 2. The van der Waals surface area contributed by atoms with Gasteiger partial charge in [-0.3, -0.25) is 0 Å². The van der Waals surface area contributed by atoms with Crippen LogP contribution in [0.2, 0.25) is 0 Å². The maximum atomic E-state index is 8.83. The molecule has 0 aliphatic heterocycles. The van der Waals surface area contributed by atoms with Gasteiger partial charge < -0.3 is 5.73 Å². The summed E-state index contributed by atoms with van der Waals surface area (Å²) in [7, 11) is 0. The molecule has 0 saturated carbocycles. The predicted octanol–water partition coefficient (Wildman–Crippen LogP) is 2.81. The summed E-state index contributed by atoms with van der Waals surface area (Å²) in [5, 5.41) is 8.83. The summed E-state index contributed by atoms with van der Waals surface area (Å²) in [6, 6.07) is 13.3. The second-order valence-corrected chi connectivity index (χ2v) is 4.81. The zero-order chi connectivity index (χ0) is 12.5. The Hall–Kier alpha value is -2.45. The van der Waals surface area contributed by atoms with E-state index in [1.807, 2.05) is 30.3 Å². The topological polar surface area (TPSA) is 75.6 Å². The molecule has 0 fully saturated rings. The summed E-state index contributed by atoms with van der Waals surface area (Å²) in [6.07, 6.45) is 0. The van der Waals surface area contributed by atoms with Gasteiger partial charge in [-0.2, -0.15) is 5.26 Å². The van der Waals surface area contributed by atoms with E-state index in [0.717, 1.165) is 15.9 Å². The van der Waals surface area contributed by atoms with Crippen molar-refractivity contribution in [2.75, 3.05) is 5.73 Å². The van der Waals surface area contributed by atoms with Gasteiger partial charge in [0.2, 0.25) is 0 Å². The number of hydrogen-bond acceptors (Lipinski definition) is 5. The van der Waals surface area contributed by atoms with Gasteiger partial charge in [-0.05, 0) is 24.3 Å². The van der Waals surface area contributed by atoms with Crippen LogP contribution in [0.25, 0.3) is 21.6 Å². The van der Waals surface area contributed by atoms with Crippen LogP contribution in [0.4, 0.5) is 5.82 Å². The lowest BCUT2D eigenvalue weighted by Gasteiger charge is -2.03. The third-order valence-corrected chi connectivity index (χ3v) is 3.54. The third kappa shape index (κ3) is 1.69. The Morgan fingerprint density at radius 1 is 1.06 bits per heavy atom. The molecule has 5 heteroatoms. The molecule has 0 unspecified atom stereocenters. The van der Waals surface area contributed by atoms with E-state index < -0.39 is 0 Å². The summed E-state index contributed by atoms with van der Waals surface area (Å²) >= 11 is 1.37. The van der Waals surface area contributed by atoms with Crippen LogP contribution < -0.4 is 5.73 Å². The van der Waals surface area contributed by atoms with Crippen LogP contribution in [0.15, 0.2) is 36.4 Å². The summed E-state index contributed by atoms with van der Waals surface area (Å²) < 4.78 is 0. The Morgan fingerprint density at radius 2 is 1.78 bits per heavy atom. The van der Waals surface area contributed by atoms with E-state index in [0.29, 0.717) is 16.4 Å². The minimum Gasteiger partial charge on any atom is -0.382 e. The molecule has 2 N–H and O–H groups in total. The molecular weight excluding hydrogens is 244 g/mol. The van der Waals surface area contributed by atoms with Crippen molar-refractivity contribution in [3.05, 3.63) is 41.3 Å². The molecule has 0 saturated heterocycles. The molecule has 0 amide bonds. The highest BCUT2D eigenvalue weighted by Gasteiger charge is 2.10. The molecule has 0 aliphatic rings. The van der Waals surface area contributed by atoms with Crippen LogP contribution in [0.3, 0.4) is 0 Å². The number of rotatable bonds is 1. The van der Waals surface area contributed by atoms with Gasteiger partial charge in [-0.1, -0.05) is 12.1 Å². The maximum absolute atomic E-state index is 8.83. The lowest BCUT2D eigenvalue weighted by Crippen LogP contribution is -1.97. The molecule has 0 aliphatic carbocycles. The molecule has 0 radical (unpaired) electrons. The van der Waals surface area contributed by atoms with Crippen molar-refractivity contribution in [2.45, 2.75) is 0 Å². The van der Waals surface area contributed by atoms with E-state index in [9.17, 15) is 0 Å². The van der Waals surface area contributed by atoms with Crippen molar-refractivity contribution in [1.29, 1.82) is 5.26 Å². The molecule has 3 aromatic rings. The van der Waals surface area contributed by atoms with Crippen LogP contribution in [0, 0.1) is 11.3 Å². The van der Waals surface area contributed by atoms with Gasteiger partial charge in [-0.25, -0.2) is 9.97 Å². The molecule has 18 heavy (non-hydrogen) atoms. The van der Waals surface area contributed by atoms with Gasteiger partial charge in [0.1, 0.15) is 16.6 Å². The van der Waals surface area contributed by atoms with E-state index in [1.54, 1.807) is 6.07 Å². The quantitative estimate of drug-likeness (QED) is 0.722. The van der Waals surface area contributed by atoms with E-state index in [-0.39, 0.29) is 0 Å². The van der Waals surface area contributed by atoms with Gasteiger partial charge in [0.15, 0.2) is 5.82 Å². The van der Waals surface area contributed by atoms with Gasteiger partial charge in [0, 0.05) is 0 Å². The summed E-state index contributed by atoms with van der Waals surface area (Å²) in [5.74, 6) is 0.389. The van der Waals surface area contributed by atoms with E-state index in [4.69, 9.17) is 11.0 Å². The van der Waals surface area contributed by atoms with Crippen LogP contribution in [0.5, 0.6) is 0 Å². The normalized spacial score (nSPS) is 10.4. The first-order valence-electron chi connectivity index (χ1n) is 5.30. The molecular formula is C13H8N4S. The molecule has 86 valence electrons. The summed E-state index contributed by atoms with van der Waals surface area (Å²) in [5.41, 5.74) is 8.13. The van der Waals surface area contributed by atoms with Crippen LogP contribution in [0.1, 0.15) is 4.88 Å². The molecule has 0 bridgehead atoms. The average molecular weight is 252 g/mol. The Balaban J connectivity index is 2.22. The fraction of sp³-hybridized carbons (Fsp3) is 0. The Morgan fingerprint density at radius 3 is 2.44 bits per heavy atom. The summed E-state index contributed by atoms with van der Waals surface area (Å²) in [4.78, 5) is 10.3. The van der Waals surface area contributed by atoms with E-state index in [1.165, 1.54) is 11.3 Å². The first-order valence-corrected chi connectivity index (χ1v) is 6.12. The van der Waals surface area contributed by atoms with Crippen LogP contribution in [-0.4, -0.2) is 9.97 Å². The highest BCUT2D eigenvalue weighted by atomic mass is 32.1. The van der Waals surface area contributed by atoms with E-state index >= 15 is 0 Å². The molecule has 4 nitrogen and oxygen atoms in total. The minimum absolute atomic E-state index is 0.389. The zero-order valence-electron chi connectivity index (χ0n) is 9.29. The Labute approximate surface area is 107 Å². The number of nitrogen functional groups attached to an aromatic ring is 1. The number of benzene rings is 1. The van der Waals surface area contributed by atoms with Crippen molar-refractivity contribution in [1.82, 2.24) is 9.97 Å². The average Bonchev–Trinajstić information content (AvgIpc) is 2.86. The SMILES string of the molecule is N#Cc1ccc(-c2nc3ccccc3nc2N)s1. The van der Waals surface area contributed by atoms with Crippen molar-refractivity contribution >= 4 is 28.2 Å². The number of thiophene rings is 1. The second kappa shape index (κ2) is 4.09. The van der Waals surface area contributed by atoms with Crippen molar-refractivity contribution in [2.24, 2.45) is 0 Å². The largest absolute Gasteiger partial charge is 0.382 e. The summed E-state index contributed by atoms with van der Waals surface area (Å²) in [6.45, 7) is 0. The molecule has 3 rings (SSSR count). The first-order chi connectivity index (χ1) is 8.78. The predicted molar refractivity (Wildman–Crippen MR) is 72.0 cm³/mol. The number of fused-ring (bicyclic) bond motifs is 1. The Kier molecular flexibility index (Phi) is 2.43. The van der Waals surface area contributed by atoms with Crippen molar-refractivity contribution < 1.29 is 0 Å². The third-order valence-electron chi connectivity index (χ3n) is 2.55. The molecule has 2 aromatic heterocycles. The van der Waals surface area contributed by atoms with Gasteiger partial charge in [0.25, 0.3) is 0 Å². The number of nitrogens with zero attached hydrogens (tertiary/aromatic N) is 3. The lowest BCUT2D eigenvalue weighted by molar-refractivity contribution is 1.31. The highest BCUT2D eigenvalue weighted by molar-refractivity contribution is 7.16. The smallest absolute Gasteiger partial charge is 0.151 e. The lowest BCUT2D eigenvalue weighted by atomic mass is 10.2. The van der Waals surface area contributed by atoms with Gasteiger partial charge in [0.05, 0.1) is 15.9 Å². The van der Waals surface area contributed by atoms with Crippen molar-refractivity contribution in [3.63, 3.8) is 0 Å². The van der Waals surface area contributed by atoms with Gasteiger partial charge in [-0.15, -0.1) is 11.3 Å². The number of hydrogen-bond donors (Lipinski definition) is 1. The number of nitrogens with two attached hydrogens (primary N) is 1. The monoisotopic (exact) mass is 252 g/mol. The number of nitriles is 1. The molecule has 0 atom stereocenters. The Bertz CT molecular complexity index is 770. The molecule has 1 aromatic carbocycles. The minimum atomic E-state index is 0.389. The van der Waals surface area contributed by atoms with Crippen molar-refractivity contribution in [3.8, 4) is 16.6 Å². The van der Waals surface area contributed by atoms with Crippen LogP contribution in [-0.2, 0) is 0 Å². The second-order valence-electron chi connectivity index (χ2n) is 3.72. The first kappa shape index (κ1) is 10.7. The van der Waals surface area contributed by atoms with E-state index in [2.05, 4.69) is 16.0 Å². The zero-order valence-corrected chi connectivity index (χ0v) is 10.1. The fourth-order valence-corrected chi connectivity index (χ4v) is 2.52. The maximum Gasteiger partial charge on any atom is 0.151 e. The molecule has 0 spiro atoms. The number of anilines is 1. The fourth-order valence-electron chi connectivity index (χ4n) is 1.72. The standard InChI is InChI=1S/C13H8N4S/c14-7-8-5-6-11(18-8)12-13(15)17-10-4-2-1-3-9(10)16-12/h1-6H,(H2,15,17). The number of para-hydroxylation sites is 2. The van der Waals surface area contributed by atoms with Crippen LogP contribution >= 0.6 is 11.3 Å². The molecule has 2 heterocycles.